The number of thioether (sulfide) groups is 1. The van der Waals surface area contributed by atoms with Crippen molar-refractivity contribution < 1.29 is 4.79 Å². The van der Waals surface area contributed by atoms with Gasteiger partial charge in [-0.25, -0.2) is 0 Å². The van der Waals surface area contributed by atoms with Crippen LogP contribution in [0.15, 0.2) is 34.6 Å². The fourth-order valence-corrected chi connectivity index (χ4v) is 3.61. The molecule has 1 amide bonds. The van der Waals surface area contributed by atoms with Crippen molar-refractivity contribution in [1.82, 2.24) is 19.6 Å². The number of aliphatic imine (C=N–C) groups is 1. The number of hydrogen-bond acceptors (Lipinski definition) is 5. The molecule has 3 rings (SSSR count). The van der Waals surface area contributed by atoms with Crippen LogP contribution in [0.5, 0.6) is 0 Å². The van der Waals surface area contributed by atoms with Crippen LogP contribution in [0.3, 0.4) is 0 Å². The predicted octanol–water partition coefficient (Wildman–Crippen LogP) is 1.77. The quantitative estimate of drug-likeness (QED) is 0.802. The summed E-state index contributed by atoms with van der Waals surface area (Å²) in [5.41, 5.74) is 1.09. The van der Waals surface area contributed by atoms with Crippen molar-refractivity contribution in [3.63, 3.8) is 0 Å². The number of rotatable bonds is 6. The molecule has 0 atom stereocenters. The van der Waals surface area contributed by atoms with Crippen molar-refractivity contribution in [2.45, 2.75) is 26.3 Å². The second-order valence-electron chi connectivity index (χ2n) is 5.32. The van der Waals surface area contributed by atoms with E-state index < -0.39 is 0 Å². The Morgan fingerprint density at radius 2 is 2.41 bits per heavy atom. The Morgan fingerprint density at radius 1 is 1.50 bits per heavy atom. The van der Waals surface area contributed by atoms with Crippen molar-refractivity contribution in [3.8, 4) is 0 Å². The van der Waals surface area contributed by atoms with Crippen molar-refractivity contribution in [2.75, 3.05) is 26.2 Å². The second-order valence-corrected chi connectivity index (χ2v) is 6.15. The highest BCUT2D eigenvalue weighted by atomic mass is 32.2. The molecular formula is C15H21N5OS. The Kier molecular flexibility index (Phi) is 4.82. The van der Waals surface area contributed by atoms with Gasteiger partial charge in [0.2, 0.25) is 5.91 Å². The maximum Gasteiger partial charge on any atom is 0.228 e. The van der Waals surface area contributed by atoms with E-state index in [2.05, 4.69) is 20.4 Å². The van der Waals surface area contributed by atoms with Gasteiger partial charge in [-0.15, -0.1) is 0 Å². The lowest BCUT2D eigenvalue weighted by Gasteiger charge is -2.27. The Bertz CT molecular complexity index is 581. The summed E-state index contributed by atoms with van der Waals surface area (Å²) in [6.45, 7) is 6.05. The van der Waals surface area contributed by atoms with E-state index in [1.807, 2.05) is 28.8 Å². The van der Waals surface area contributed by atoms with Gasteiger partial charge < -0.3 is 9.80 Å². The number of hydrogen-bond donors (Lipinski definition) is 0. The van der Waals surface area contributed by atoms with Crippen LogP contribution in [0.25, 0.3) is 0 Å². The van der Waals surface area contributed by atoms with E-state index in [0.717, 1.165) is 43.5 Å². The molecule has 7 heteroatoms. The minimum Gasteiger partial charge on any atom is -0.341 e. The van der Waals surface area contributed by atoms with Gasteiger partial charge in [0.05, 0.1) is 13.0 Å². The third-order valence-corrected chi connectivity index (χ3v) is 4.84. The van der Waals surface area contributed by atoms with Crippen molar-refractivity contribution in [1.29, 1.82) is 0 Å². The molecule has 0 unspecified atom stereocenters. The van der Waals surface area contributed by atoms with Crippen LogP contribution < -0.4 is 0 Å². The summed E-state index contributed by atoms with van der Waals surface area (Å²) in [6, 6.07) is 1.90. The molecule has 6 nitrogen and oxygen atoms in total. The predicted molar refractivity (Wildman–Crippen MR) is 88.4 cm³/mol. The van der Waals surface area contributed by atoms with E-state index in [4.69, 9.17) is 0 Å². The Morgan fingerprint density at radius 3 is 3.18 bits per heavy atom. The summed E-state index contributed by atoms with van der Waals surface area (Å²) in [6.07, 6.45) is 5.20. The summed E-state index contributed by atoms with van der Waals surface area (Å²) in [5, 5.41) is 7.30. The zero-order valence-corrected chi connectivity index (χ0v) is 13.6. The average molecular weight is 319 g/mol. The van der Waals surface area contributed by atoms with E-state index in [-0.39, 0.29) is 5.91 Å². The minimum atomic E-state index is 0.174. The molecule has 22 heavy (non-hydrogen) atoms. The number of carbonyl (C=O) groups excluding carboxylic acids is 1. The number of amides is 1. The van der Waals surface area contributed by atoms with E-state index in [1.54, 1.807) is 18.0 Å². The molecule has 3 heterocycles. The van der Waals surface area contributed by atoms with Crippen LogP contribution in [-0.4, -0.2) is 56.8 Å². The van der Waals surface area contributed by atoms with Gasteiger partial charge in [0.25, 0.3) is 0 Å². The van der Waals surface area contributed by atoms with Crippen LogP contribution in [0, 0.1) is 0 Å². The molecule has 0 fully saturated rings. The fourth-order valence-electron chi connectivity index (χ4n) is 2.66. The molecule has 0 aliphatic carbocycles. The molecule has 0 aromatic carbocycles. The lowest BCUT2D eigenvalue weighted by atomic mass is 10.2. The zero-order valence-electron chi connectivity index (χ0n) is 12.8. The Hall–Kier alpha value is -1.76. The zero-order chi connectivity index (χ0) is 15.4. The molecule has 0 saturated heterocycles. The van der Waals surface area contributed by atoms with Gasteiger partial charge in [-0.2, -0.15) is 5.10 Å². The highest BCUT2D eigenvalue weighted by Crippen LogP contribution is 2.30. The van der Waals surface area contributed by atoms with Crippen LogP contribution in [0.4, 0.5) is 0 Å². The molecule has 0 N–H and O–H groups in total. The molecule has 118 valence electrons. The van der Waals surface area contributed by atoms with Crippen LogP contribution >= 0.6 is 11.8 Å². The van der Waals surface area contributed by atoms with Crippen LogP contribution in [0.2, 0.25) is 0 Å². The summed E-state index contributed by atoms with van der Waals surface area (Å²) < 4.78 is 1.86. The second kappa shape index (κ2) is 7.00. The first-order chi connectivity index (χ1) is 10.8. The van der Waals surface area contributed by atoms with Gasteiger partial charge in [-0.3, -0.25) is 14.5 Å². The number of nitrogens with zero attached hydrogens (tertiary/aromatic N) is 5. The molecule has 0 bridgehead atoms. The molecule has 0 radical (unpaired) electrons. The van der Waals surface area contributed by atoms with Crippen LogP contribution in [-0.2, 0) is 11.3 Å². The normalized spacial score (nSPS) is 17.0. The first-order valence-corrected chi connectivity index (χ1v) is 8.59. The van der Waals surface area contributed by atoms with Crippen molar-refractivity contribution in [3.05, 3.63) is 29.6 Å². The number of carbonyl (C=O) groups is 1. The lowest BCUT2D eigenvalue weighted by molar-refractivity contribution is -0.130. The van der Waals surface area contributed by atoms with E-state index >= 15 is 0 Å². The van der Waals surface area contributed by atoms with Gasteiger partial charge in [-0.1, -0.05) is 11.8 Å². The third kappa shape index (κ3) is 3.35. The average Bonchev–Trinajstić information content (AvgIpc) is 3.18. The molecular weight excluding hydrogens is 298 g/mol. The molecule has 0 saturated carbocycles. The Balaban J connectivity index is 1.55. The fraction of sp³-hybridized carbons (Fsp3) is 0.533. The minimum absolute atomic E-state index is 0.174. The smallest absolute Gasteiger partial charge is 0.228 e. The van der Waals surface area contributed by atoms with Crippen molar-refractivity contribution >= 4 is 22.8 Å². The summed E-state index contributed by atoms with van der Waals surface area (Å²) in [7, 11) is 0. The number of aromatic nitrogens is 2. The first-order valence-electron chi connectivity index (χ1n) is 7.71. The SMILES string of the molecule is CCN(CCn1cccn1)C(=O)CC1=CSC2=NCCCN12. The first kappa shape index (κ1) is 15.1. The van der Waals surface area contributed by atoms with Gasteiger partial charge >= 0.3 is 0 Å². The summed E-state index contributed by atoms with van der Waals surface area (Å²) in [5.74, 6) is 0.174. The molecule has 1 aromatic rings. The topological polar surface area (TPSA) is 53.7 Å². The van der Waals surface area contributed by atoms with Crippen molar-refractivity contribution in [2.24, 2.45) is 4.99 Å². The number of likely N-dealkylation sites (N-methyl/N-ethyl adjacent to an activating group) is 1. The Labute approximate surface area is 134 Å². The van der Waals surface area contributed by atoms with Gasteiger partial charge in [0.1, 0.15) is 0 Å². The maximum atomic E-state index is 12.5. The summed E-state index contributed by atoms with van der Waals surface area (Å²) in [4.78, 5) is 21.1. The number of fused-ring (bicyclic) bond motifs is 1. The summed E-state index contributed by atoms with van der Waals surface area (Å²) >= 11 is 1.64. The van der Waals surface area contributed by atoms with Crippen LogP contribution in [0.1, 0.15) is 19.8 Å². The number of amidine groups is 1. The van der Waals surface area contributed by atoms with E-state index in [0.29, 0.717) is 13.0 Å². The highest BCUT2D eigenvalue weighted by Gasteiger charge is 2.27. The van der Waals surface area contributed by atoms with Gasteiger partial charge in [-0.05, 0) is 24.8 Å². The standard InChI is InChI=1S/C15H21N5OS/c1-2-18(9-10-19-7-4-6-17-19)14(21)11-13-12-22-15-16-5-3-8-20(13)15/h4,6-7,12H,2-3,5,8-11H2,1H3. The molecule has 0 spiro atoms. The van der Waals surface area contributed by atoms with Gasteiger partial charge in [0, 0.05) is 44.3 Å². The lowest BCUT2D eigenvalue weighted by Crippen LogP contribution is -2.36. The maximum absolute atomic E-state index is 12.5. The van der Waals surface area contributed by atoms with E-state index in [1.165, 1.54) is 0 Å². The molecule has 2 aliphatic heterocycles. The third-order valence-electron chi connectivity index (χ3n) is 3.89. The largest absolute Gasteiger partial charge is 0.341 e. The highest BCUT2D eigenvalue weighted by molar-refractivity contribution is 8.16. The van der Waals surface area contributed by atoms with E-state index in [9.17, 15) is 4.79 Å². The monoisotopic (exact) mass is 319 g/mol. The van der Waals surface area contributed by atoms with Gasteiger partial charge in [0.15, 0.2) is 5.17 Å². The molecule has 2 aliphatic rings. The molecule has 1 aromatic heterocycles.